The van der Waals surface area contributed by atoms with Gasteiger partial charge in [-0.05, 0) is 18.6 Å². The summed E-state index contributed by atoms with van der Waals surface area (Å²) >= 11 is 4.81. The van der Waals surface area contributed by atoms with E-state index in [2.05, 4.69) is 22.4 Å². The lowest BCUT2D eigenvalue weighted by Crippen LogP contribution is -2.16. The molecule has 0 unspecified atom stereocenters. The average molecular weight is 186 g/mol. The fourth-order valence-corrected chi connectivity index (χ4v) is 1.07. The Bertz CT molecular complexity index is 264. The van der Waals surface area contributed by atoms with E-state index in [4.69, 9.17) is 12.2 Å². The van der Waals surface area contributed by atoms with Crippen LogP contribution in [0.1, 0.15) is 26.2 Å². The maximum absolute atomic E-state index is 4.81. The summed E-state index contributed by atoms with van der Waals surface area (Å²) in [7, 11) is 0. The number of nitrogens with zero attached hydrogens (tertiary/aromatic N) is 2. The van der Waals surface area contributed by atoms with Gasteiger partial charge in [-0.2, -0.15) is 4.79 Å². The molecule has 0 spiro atoms. The Kier molecular flexibility index (Phi) is 3.79. The zero-order valence-corrected chi connectivity index (χ0v) is 8.02. The number of nitrogens with one attached hydrogen (secondary N) is 2. The first-order valence-electron chi connectivity index (χ1n) is 4.20. The molecule has 1 heterocycles. The minimum atomic E-state index is 0.512. The second-order valence-corrected chi connectivity index (χ2v) is 3.03. The van der Waals surface area contributed by atoms with Crippen LogP contribution in [-0.2, 0) is 0 Å². The molecule has 0 atom stereocenters. The van der Waals surface area contributed by atoms with E-state index in [-0.39, 0.29) is 0 Å². The minimum absolute atomic E-state index is 0.512. The molecular formula is C7H14N4S. The molecule has 1 rings (SSSR count). The predicted octanol–water partition coefficient (Wildman–Crippen LogP) is 1.67. The smallest absolute Gasteiger partial charge is 0.214 e. The van der Waals surface area contributed by atoms with Crippen LogP contribution in [0.2, 0.25) is 0 Å². The predicted molar refractivity (Wildman–Crippen MR) is 51.2 cm³/mol. The Morgan fingerprint density at radius 3 is 3.08 bits per heavy atom. The van der Waals surface area contributed by atoms with Crippen molar-refractivity contribution in [3.63, 3.8) is 0 Å². The molecule has 1 aromatic heterocycles. The largest absolute Gasteiger partial charge is 0.310 e. The van der Waals surface area contributed by atoms with Crippen LogP contribution in [-0.4, -0.2) is 21.4 Å². The normalized spacial score (nSPS) is 10.1. The van der Waals surface area contributed by atoms with Crippen LogP contribution in [0.5, 0.6) is 0 Å². The van der Waals surface area contributed by atoms with Crippen LogP contribution < -0.4 is 5.43 Å². The molecule has 0 amide bonds. The van der Waals surface area contributed by atoms with Crippen LogP contribution in [0.3, 0.4) is 0 Å². The van der Waals surface area contributed by atoms with Crippen molar-refractivity contribution in [3.05, 3.63) is 11.1 Å². The van der Waals surface area contributed by atoms with E-state index in [0.29, 0.717) is 4.77 Å². The summed E-state index contributed by atoms with van der Waals surface area (Å²) < 4.78 is 0.512. The van der Waals surface area contributed by atoms with Crippen LogP contribution in [0.25, 0.3) is 0 Å². The number of hydrogen-bond acceptors (Lipinski definition) is 3. The molecule has 4 nitrogen and oxygen atoms in total. The van der Waals surface area contributed by atoms with Crippen molar-refractivity contribution in [2.75, 3.05) is 12.0 Å². The molecule has 0 aliphatic heterocycles. The monoisotopic (exact) mass is 186 g/mol. The molecule has 12 heavy (non-hydrogen) atoms. The van der Waals surface area contributed by atoms with Gasteiger partial charge in [-0.25, -0.2) is 4.98 Å². The highest BCUT2D eigenvalue weighted by atomic mass is 32.1. The number of hydrogen-bond donors (Lipinski definition) is 2. The van der Waals surface area contributed by atoms with E-state index in [1.54, 1.807) is 11.1 Å². The van der Waals surface area contributed by atoms with Gasteiger partial charge in [0.15, 0.2) is 0 Å². The summed E-state index contributed by atoms with van der Waals surface area (Å²) in [5, 5.41) is 2.86. The van der Waals surface area contributed by atoms with E-state index in [1.807, 2.05) is 0 Å². The molecule has 0 radical (unpaired) electrons. The molecule has 0 fully saturated rings. The molecule has 2 N–H and O–H groups in total. The lowest BCUT2D eigenvalue weighted by Gasteiger charge is -2.04. The van der Waals surface area contributed by atoms with Gasteiger partial charge in [0.2, 0.25) is 4.77 Å². The quantitative estimate of drug-likeness (QED) is 0.543. The maximum atomic E-state index is 4.81. The fourth-order valence-electron chi connectivity index (χ4n) is 0.926. The van der Waals surface area contributed by atoms with Gasteiger partial charge in [-0.15, -0.1) is 0 Å². The van der Waals surface area contributed by atoms with Crippen molar-refractivity contribution in [1.82, 2.24) is 14.9 Å². The highest BCUT2D eigenvalue weighted by Gasteiger charge is 1.88. The Hall–Kier alpha value is -0.840. The van der Waals surface area contributed by atoms with Crippen LogP contribution in [0.15, 0.2) is 6.33 Å². The molecule has 0 saturated carbocycles. The zero-order chi connectivity index (χ0) is 8.81. The number of unbranched alkanes of at least 4 members (excludes halogenated alkanes) is 2. The van der Waals surface area contributed by atoms with Crippen molar-refractivity contribution in [2.45, 2.75) is 26.2 Å². The van der Waals surface area contributed by atoms with E-state index < -0.39 is 0 Å². The lowest BCUT2D eigenvalue weighted by molar-refractivity contribution is 0.665. The van der Waals surface area contributed by atoms with Crippen molar-refractivity contribution >= 4 is 12.2 Å². The van der Waals surface area contributed by atoms with Gasteiger partial charge in [0.1, 0.15) is 6.33 Å². The summed E-state index contributed by atoms with van der Waals surface area (Å²) in [5.41, 5.74) is 3.13. The SMILES string of the molecule is CCCCCNn1cnc(=S)[nH]1. The number of rotatable bonds is 5. The Labute approximate surface area is 77.0 Å². The van der Waals surface area contributed by atoms with Gasteiger partial charge >= 0.3 is 0 Å². The summed E-state index contributed by atoms with van der Waals surface area (Å²) in [6.07, 6.45) is 5.31. The van der Waals surface area contributed by atoms with E-state index >= 15 is 0 Å². The molecule has 0 bridgehead atoms. The Morgan fingerprint density at radius 1 is 1.67 bits per heavy atom. The Balaban J connectivity index is 2.20. The highest BCUT2D eigenvalue weighted by molar-refractivity contribution is 7.71. The summed E-state index contributed by atoms with van der Waals surface area (Å²) in [6, 6.07) is 0. The van der Waals surface area contributed by atoms with Gasteiger partial charge < -0.3 is 5.43 Å². The highest BCUT2D eigenvalue weighted by Crippen LogP contribution is 1.91. The molecular weight excluding hydrogens is 172 g/mol. The van der Waals surface area contributed by atoms with Crippen molar-refractivity contribution in [1.29, 1.82) is 0 Å². The minimum Gasteiger partial charge on any atom is -0.310 e. The van der Waals surface area contributed by atoms with E-state index in [1.165, 1.54) is 19.3 Å². The van der Waals surface area contributed by atoms with Crippen LogP contribution in [0.4, 0.5) is 0 Å². The molecule has 1 aromatic rings. The van der Waals surface area contributed by atoms with Crippen molar-refractivity contribution in [2.24, 2.45) is 0 Å². The zero-order valence-electron chi connectivity index (χ0n) is 7.21. The van der Waals surface area contributed by atoms with Gasteiger partial charge in [0.25, 0.3) is 0 Å². The van der Waals surface area contributed by atoms with Gasteiger partial charge in [-0.1, -0.05) is 19.8 Å². The third kappa shape index (κ3) is 3.04. The third-order valence-electron chi connectivity index (χ3n) is 1.57. The van der Waals surface area contributed by atoms with E-state index in [9.17, 15) is 0 Å². The molecule has 68 valence electrons. The second kappa shape index (κ2) is 4.92. The first-order valence-corrected chi connectivity index (χ1v) is 4.61. The molecule has 5 heteroatoms. The van der Waals surface area contributed by atoms with Gasteiger partial charge in [0, 0.05) is 6.54 Å². The molecule has 0 aliphatic carbocycles. The van der Waals surface area contributed by atoms with Crippen LogP contribution >= 0.6 is 12.2 Å². The maximum Gasteiger partial charge on any atom is 0.214 e. The first-order chi connectivity index (χ1) is 5.83. The molecule has 0 aliphatic rings. The lowest BCUT2D eigenvalue weighted by atomic mass is 10.3. The summed E-state index contributed by atoms with van der Waals surface area (Å²) in [4.78, 5) is 5.57. The third-order valence-corrected chi connectivity index (χ3v) is 1.77. The summed E-state index contributed by atoms with van der Waals surface area (Å²) in [6.45, 7) is 3.14. The fraction of sp³-hybridized carbons (Fsp3) is 0.714. The molecule has 0 aromatic carbocycles. The second-order valence-electron chi connectivity index (χ2n) is 2.65. The summed E-state index contributed by atoms with van der Waals surface area (Å²) in [5.74, 6) is 0. The number of H-pyrrole nitrogens is 1. The van der Waals surface area contributed by atoms with Crippen molar-refractivity contribution in [3.8, 4) is 0 Å². The Morgan fingerprint density at radius 2 is 2.50 bits per heavy atom. The number of aromatic nitrogens is 3. The number of aromatic amines is 1. The van der Waals surface area contributed by atoms with Crippen LogP contribution in [0, 0.1) is 4.77 Å². The van der Waals surface area contributed by atoms with E-state index in [0.717, 1.165) is 6.54 Å². The average Bonchev–Trinajstić information content (AvgIpc) is 2.45. The van der Waals surface area contributed by atoms with Gasteiger partial charge in [0.05, 0.1) is 0 Å². The van der Waals surface area contributed by atoms with Gasteiger partial charge in [-0.3, -0.25) is 5.10 Å². The van der Waals surface area contributed by atoms with Crippen molar-refractivity contribution < 1.29 is 0 Å². The standard InChI is InChI=1S/C7H14N4S/c1-2-3-4-5-9-11-6-8-7(12)10-11/h6,9H,2-5H2,1H3,(H,10,12). The molecule has 0 saturated heterocycles. The first kappa shape index (κ1) is 9.25. The topological polar surface area (TPSA) is 45.6 Å².